The minimum Gasteiger partial charge on any atom is -0.481 e. The highest BCUT2D eigenvalue weighted by atomic mass is 19.1. The minimum atomic E-state index is -0.637. The van der Waals surface area contributed by atoms with Crippen LogP contribution in [0.1, 0.15) is 30.9 Å². The molecule has 0 radical (unpaired) electrons. The van der Waals surface area contributed by atoms with Gasteiger partial charge < -0.3 is 9.64 Å². The number of ether oxygens (including phenoxy) is 1. The standard InChI is InChI=1S/C21H21FN2O2/c1-15(26-20-10-6-16(12-23)7-11-20)21(25)24(13-17-2-3-17)14-18-4-8-19(22)9-5-18/h4-11,15,17H,2-3,13-14H2,1H3. The van der Waals surface area contributed by atoms with E-state index in [1.807, 2.05) is 0 Å². The summed E-state index contributed by atoms with van der Waals surface area (Å²) < 4.78 is 18.9. The van der Waals surface area contributed by atoms with Gasteiger partial charge in [-0.2, -0.15) is 5.26 Å². The van der Waals surface area contributed by atoms with Gasteiger partial charge in [0.2, 0.25) is 0 Å². The fraction of sp³-hybridized carbons (Fsp3) is 0.333. The average Bonchev–Trinajstić information content (AvgIpc) is 3.47. The SMILES string of the molecule is CC(Oc1ccc(C#N)cc1)C(=O)N(Cc1ccc(F)cc1)CC1CC1. The molecular weight excluding hydrogens is 331 g/mol. The van der Waals surface area contributed by atoms with Gasteiger partial charge in [-0.1, -0.05) is 12.1 Å². The maximum atomic E-state index is 13.1. The van der Waals surface area contributed by atoms with Crippen LogP contribution in [0.3, 0.4) is 0 Å². The molecule has 5 heteroatoms. The molecule has 2 aromatic carbocycles. The predicted octanol–water partition coefficient (Wildman–Crippen LogP) is 3.90. The quantitative estimate of drug-likeness (QED) is 0.759. The molecule has 3 rings (SSSR count). The Morgan fingerprint density at radius 3 is 2.46 bits per heavy atom. The van der Waals surface area contributed by atoms with E-state index >= 15 is 0 Å². The Bertz CT molecular complexity index is 792. The second-order valence-corrected chi connectivity index (χ2v) is 6.68. The van der Waals surface area contributed by atoms with Crippen LogP contribution in [-0.4, -0.2) is 23.5 Å². The lowest BCUT2D eigenvalue weighted by atomic mass is 10.2. The Kier molecular flexibility index (Phi) is 5.52. The largest absolute Gasteiger partial charge is 0.481 e. The van der Waals surface area contributed by atoms with E-state index in [0.717, 1.165) is 18.4 Å². The molecule has 1 aliphatic carbocycles. The van der Waals surface area contributed by atoms with E-state index in [2.05, 4.69) is 6.07 Å². The highest BCUT2D eigenvalue weighted by Gasteiger charge is 2.29. The van der Waals surface area contributed by atoms with Crippen LogP contribution < -0.4 is 4.74 Å². The van der Waals surface area contributed by atoms with Crippen molar-refractivity contribution in [2.45, 2.75) is 32.4 Å². The van der Waals surface area contributed by atoms with Crippen molar-refractivity contribution in [1.29, 1.82) is 5.26 Å². The molecule has 0 heterocycles. The topological polar surface area (TPSA) is 53.3 Å². The molecule has 1 saturated carbocycles. The van der Waals surface area contributed by atoms with Crippen LogP contribution in [0.4, 0.5) is 4.39 Å². The van der Waals surface area contributed by atoms with Crippen molar-refractivity contribution in [3.8, 4) is 11.8 Å². The smallest absolute Gasteiger partial charge is 0.263 e. The van der Waals surface area contributed by atoms with Gasteiger partial charge >= 0.3 is 0 Å². The minimum absolute atomic E-state index is 0.0921. The summed E-state index contributed by atoms with van der Waals surface area (Å²) in [6, 6.07) is 15.0. The number of hydrogen-bond donors (Lipinski definition) is 0. The molecular formula is C21H21FN2O2. The second kappa shape index (κ2) is 8.01. The molecule has 1 unspecified atom stereocenters. The van der Waals surface area contributed by atoms with Gasteiger partial charge in [-0.25, -0.2) is 4.39 Å². The van der Waals surface area contributed by atoms with Crippen molar-refractivity contribution in [3.05, 3.63) is 65.5 Å². The lowest BCUT2D eigenvalue weighted by Gasteiger charge is -2.26. The van der Waals surface area contributed by atoms with Crippen molar-refractivity contribution in [3.63, 3.8) is 0 Å². The molecule has 0 aromatic heterocycles. The molecule has 26 heavy (non-hydrogen) atoms. The van der Waals surface area contributed by atoms with Crippen molar-refractivity contribution >= 4 is 5.91 Å². The fourth-order valence-electron chi connectivity index (χ4n) is 2.77. The lowest BCUT2D eigenvalue weighted by molar-refractivity contribution is -0.138. The Balaban J connectivity index is 1.66. The van der Waals surface area contributed by atoms with E-state index in [-0.39, 0.29) is 11.7 Å². The van der Waals surface area contributed by atoms with E-state index in [1.54, 1.807) is 48.2 Å². The molecule has 0 saturated heterocycles. The molecule has 0 aliphatic heterocycles. The third-order valence-corrected chi connectivity index (χ3v) is 4.42. The molecule has 0 spiro atoms. The van der Waals surface area contributed by atoms with Gasteiger partial charge in [0.15, 0.2) is 6.10 Å². The average molecular weight is 352 g/mol. The highest BCUT2D eigenvalue weighted by Crippen LogP contribution is 2.30. The van der Waals surface area contributed by atoms with E-state index in [0.29, 0.717) is 30.3 Å². The van der Waals surface area contributed by atoms with E-state index in [9.17, 15) is 9.18 Å². The Morgan fingerprint density at radius 2 is 1.88 bits per heavy atom. The van der Waals surface area contributed by atoms with Crippen LogP contribution >= 0.6 is 0 Å². The number of nitriles is 1. The Hall–Kier alpha value is -2.87. The second-order valence-electron chi connectivity index (χ2n) is 6.68. The highest BCUT2D eigenvalue weighted by molar-refractivity contribution is 5.81. The van der Waals surface area contributed by atoms with Gasteiger partial charge in [-0.3, -0.25) is 4.79 Å². The van der Waals surface area contributed by atoms with E-state index in [1.165, 1.54) is 12.1 Å². The summed E-state index contributed by atoms with van der Waals surface area (Å²) in [5, 5.41) is 8.84. The number of carbonyl (C=O) groups excluding carboxylic acids is 1. The summed E-state index contributed by atoms with van der Waals surface area (Å²) in [6.45, 7) is 2.86. The zero-order chi connectivity index (χ0) is 18.5. The predicted molar refractivity (Wildman–Crippen MR) is 95.8 cm³/mol. The van der Waals surface area contributed by atoms with Crippen LogP contribution in [0.2, 0.25) is 0 Å². The van der Waals surface area contributed by atoms with Gasteiger partial charge in [0, 0.05) is 13.1 Å². The lowest BCUT2D eigenvalue weighted by Crippen LogP contribution is -2.41. The van der Waals surface area contributed by atoms with Crippen LogP contribution in [-0.2, 0) is 11.3 Å². The number of carbonyl (C=O) groups is 1. The molecule has 1 atom stereocenters. The molecule has 1 fully saturated rings. The Labute approximate surface area is 152 Å². The molecule has 1 aliphatic rings. The van der Waals surface area contributed by atoms with Crippen molar-refractivity contribution in [1.82, 2.24) is 4.90 Å². The summed E-state index contributed by atoms with van der Waals surface area (Å²) in [6.07, 6.45) is 1.64. The van der Waals surface area contributed by atoms with Gasteiger partial charge in [-0.15, -0.1) is 0 Å². The first-order chi connectivity index (χ1) is 12.5. The summed E-state index contributed by atoms with van der Waals surface area (Å²) in [4.78, 5) is 14.7. The van der Waals surface area contributed by atoms with E-state index in [4.69, 9.17) is 10.00 Å². The number of nitrogens with zero attached hydrogens (tertiary/aromatic N) is 2. The number of hydrogen-bond acceptors (Lipinski definition) is 3. The number of benzene rings is 2. The summed E-state index contributed by atoms with van der Waals surface area (Å²) in [5.41, 5.74) is 1.44. The molecule has 2 aromatic rings. The van der Waals surface area contributed by atoms with E-state index < -0.39 is 6.10 Å². The molecule has 4 nitrogen and oxygen atoms in total. The van der Waals surface area contributed by atoms with Crippen molar-refractivity contribution in [2.75, 3.05) is 6.54 Å². The van der Waals surface area contributed by atoms with Gasteiger partial charge in [0.05, 0.1) is 11.6 Å². The van der Waals surface area contributed by atoms with Gasteiger partial charge in [0.25, 0.3) is 5.91 Å². The molecule has 1 amide bonds. The molecule has 0 bridgehead atoms. The van der Waals surface area contributed by atoms with Gasteiger partial charge in [0.1, 0.15) is 11.6 Å². The van der Waals surface area contributed by atoms with Crippen molar-refractivity contribution in [2.24, 2.45) is 5.92 Å². The number of halogens is 1. The summed E-state index contributed by atoms with van der Waals surface area (Å²) in [7, 11) is 0. The maximum absolute atomic E-state index is 13.1. The number of rotatable bonds is 7. The van der Waals surface area contributed by atoms with Crippen LogP contribution in [0, 0.1) is 23.1 Å². The number of amides is 1. The summed E-state index contributed by atoms with van der Waals surface area (Å²) >= 11 is 0. The maximum Gasteiger partial charge on any atom is 0.263 e. The first-order valence-corrected chi connectivity index (χ1v) is 8.75. The third kappa shape index (κ3) is 4.82. The fourth-order valence-corrected chi connectivity index (χ4v) is 2.77. The normalized spacial score (nSPS) is 14.3. The Morgan fingerprint density at radius 1 is 1.23 bits per heavy atom. The monoisotopic (exact) mass is 352 g/mol. The van der Waals surface area contributed by atoms with Crippen molar-refractivity contribution < 1.29 is 13.9 Å². The zero-order valence-corrected chi connectivity index (χ0v) is 14.7. The third-order valence-electron chi connectivity index (χ3n) is 4.42. The van der Waals surface area contributed by atoms with Crippen LogP contribution in [0.5, 0.6) is 5.75 Å². The zero-order valence-electron chi connectivity index (χ0n) is 14.7. The summed E-state index contributed by atoms with van der Waals surface area (Å²) in [5.74, 6) is 0.719. The molecule has 134 valence electrons. The van der Waals surface area contributed by atoms with Crippen LogP contribution in [0.25, 0.3) is 0 Å². The first-order valence-electron chi connectivity index (χ1n) is 8.75. The molecule has 0 N–H and O–H groups in total. The first kappa shape index (κ1) is 17.9. The van der Waals surface area contributed by atoms with Crippen LogP contribution in [0.15, 0.2) is 48.5 Å². The van der Waals surface area contributed by atoms with Gasteiger partial charge in [-0.05, 0) is 67.6 Å².